The number of nitrogens with zero attached hydrogens (tertiary/aromatic N) is 1. The van der Waals surface area contributed by atoms with Crippen LogP contribution in [0.5, 0.6) is 5.75 Å². The first-order chi connectivity index (χ1) is 13.3. The number of ether oxygens (including phenoxy) is 2. The maximum absolute atomic E-state index is 12.4. The Hall–Kier alpha value is -1.80. The van der Waals surface area contributed by atoms with Crippen molar-refractivity contribution in [2.45, 2.75) is 39.7 Å². The van der Waals surface area contributed by atoms with E-state index in [2.05, 4.69) is 17.1 Å². The van der Waals surface area contributed by atoms with Crippen LogP contribution < -0.4 is 10.1 Å². The molecule has 8 heteroatoms. The Labute approximate surface area is 176 Å². The maximum atomic E-state index is 12.4. The zero-order valence-corrected chi connectivity index (χ0v) is 18.5. The van der Waals surface area contributed by atoms with Gasteiger partial charge >= 0.3 is 5.97 Å². The molecule has 0 spiro atoms. The molecule has 0 radical (unpaired) electrons. The van der Waals surface area contributed by atoms with Crippen molar-refractivity contribution in [2.24, 2.45) is 5.92 Å². The fourth-order valence-corrected chi connectivity index (χ4v) is 3.88. The quantitative estimate of drug-likeness (QED) is 0.552. The first-order valence-corrected chi connectivity index (χ1v) is 10.8. The van der Waals surface area contributed by atoms with Gasteiger partial charge in [-0.2, -0.15) is 0 Å². The highest BCUT2D eigenvalue weighted by Gasteiger charge is 2.22. The molecule has 1 aromatic carbocycles. The lowest BCUT2D eigenvalue weighted by Gasteiger charge is -2.31. The summed E-state index contributed by atoms with van der Waals surface area (Å²) in [6.07, 6.45) is 1.32. The number of piperidine rings is 1. The van der Waals surface area contributed by atoms with Gasteiger partial charge < -0.3 is 19.7 Å². The summed E-state index contributed by atoms with van der Waals surface area (Å²) in [6.45, 7) is 7.56. The number of hydrogen-bond donors (Lipinski definition) is 1. The molecular formula is C20H28N2O4S2. The molecule has 0 aromatic heterocycles. The standard InChI is InChI=1S/C20H28N2O4S2/c1-13-7-9-22(10-8-13)20(27)28-12-18(23)26-15(3)19(24)21-16-11-14(2)5-6-17(16)25-4/h5-6,11,13,15H,7-10,12H2,1-4H3,(H,21,24)/t15-/m0/s1. The summed E-state index contributed by atoms with van der Waals surface area (Å²) < 4.78 is 11.2. The number of methoxy groups -OCH3 is 1. The molecule has 0 unspecified atom stereocenters. The van der Waals surface area contributed by atoms with Crippen LogP contribution in [0.1, 0.15) is 32.3 Å². The minimum Gasteiger partial charge on any atom is -0.495 e. The van der Waals surface area contributed by atoms with Crippen LogP contribution in [-0.2, 0) is 14.3 Å². The Bertz CT molecular complexity index is 718. The van der Waals surface area contributed by atoms with Crippen molar-refractivity contribution in [3.05, 3.63) is 23.8 Å². The molecule has 1 fully saturated rings. The number of thioether (sulfide) groups is 1. The molecule has 1 atom stereocenters. The lowest BCUT2D eigenvalue weighted by Crippen LogP contribution is -2.36. The number of thiocarbonyl (C=S) groups is 1. The molecule has 154 valence electrons. The molecule has 1 aliphatic heterocycles. The molecule has 0 aliphatic carbocycles. The summed E-state index contributed by atoms with van der Waals surface area (Å²) in [5.41, 5.74) is 1.53. The highest BCUT2D eigenvalue weighted by atomic mass is 32.2. The fraction of sp³-hybridized carbons (Fsp3) is 0.550. The molecule has 2 rings (SSSR count). The molecule has 1 aliphatic rings. The predicted octanol–water partition coefficient (Wildman–Crippen LogP) is 3.62. The first kappa shape index (κ1) is 22.5. The van der Waals surface area contributed by atoms with Crippen molar-refractivity contribution in [3.8, 4) is 5.75 Å². The number of amides is 1. The van der Waals surface area contributed by atoms with Gasteiger partial charge in [0.05, 0.1) is 18.6 Å². The molecular weight excluding hydrogens is 396 g/mol. The summed E-state index contributed by atoms with van der Waals surface area (Å²) in [5, 5.41) is 2.75. The van der Waals surface area contributed by atoms with E-state index < -0.39 is 18.0 Å². The number of benzene rings is 1. The number of rotatable bonds is 6. The summed E-state index contributed by atoms with van der Waals surface area (Å²) in [4.78, 5) is 26.6. The summed E-state index contributed by atoms with van der Waals surface area (Å²) in [5.74, 6) is 0.497. The first-order valence-electron chi connectivity index (χ1n) is 9.36. The largest absolute Gasteiger partial charge is 0.495 e. The van der Waals surface area contributed by atoms with E-state index >= 15 is 0 Å². The van der Waals surface area contributed by atoms with Crippen LogP contribution in [0.2, 0.25) is 0 Å². The van der Waals surface area contributed by atoms with Crippen molar-refractivity contribution >= 4 is 45.9 Å². The third-order valence-electron chi connectivity index (χ3n) is 4.65. The molecule has 1 aromatic rings. The van der Waals surface area contributed by atoms with E-state index in [1.165, 1.54) is 18.9 Å². The molecule has 1 heterocycles. The van der Waals surface area contributed by atoms with E-state index in [-0.39, 0.29) is 5.75 Å². The van der Waals surface area contributed by atoms with Crippen molar-refractivity contribution in [1.82, 2.24) is 4.90 Å². The molecule has 6 nitrogen and oxygen atoms in total. The Balaban J connectivity index is 1.79. The lowest BCUT2D eigenvalue weighted by molar-refractivity contribution is -0.150. The molecule has 0 saturated carbocycles. The van der Waals surface area contributed by atoms with Crippen molar-refractivity contribution in [2.75, 3.05) is 31.3 Å². The van der Waals surface area contributed by atoms with Crippen LogP contribution in [0.25, 0.3) is 0 Å². The highest BCUT2D eigenvalue weighted by Crippen LogP contribution is 2.25. The van der Waals surface area contributed by atoms with Gasteiger partial charge in [0.25, 0.3) is 5.91 Å². The van der Waals surface area contributed by atoms with E-state index in [9.17, 15) is 9.59 Å². The number of anilines is 1. The van der Waals surface area contributed by atoms with E-state index in [1.807, 2.05) is 13.0 Å². The van der Waals surface area contributed by atoms with Gasteiger partial charge in [-0.25, -0.2) is 0 Å². The van der Waals surface area contributed by atoms with Crippen molar-refractivity contribution in [3.63, 3.8) is 0 Å². The number of carbonyl (C=O) groups excluding carboxylic acids is 2. The normalized spacial score (nSPS) is 15.6. The van der Waals surface area contributed by atoms with Crippen LogP contribution in [-0.4, -0.2) is 53.2 Å². The fourth-order valence-electron chi connectivity index (χ4n) is 2.84. The average Bonchev–Trinajstić information content (AvgIpc) is 2.66. The number of esters is 1. The second kappa shape index (κ2) is 10.7. The number of aryl methyl sites for hydroxylation is 1. The SMILES string of the molecule is COc1ccc(C)cc1NC(=O)[C@H](C)OC(=O)CSC(=S)N1CCC(C)CC1. The second-order valence-electron chi connectivity index (χ2n) is 7.05. The number of likely N-dealkylation sites (tertiary alicyclic amines) is 1. The van der Waals surface area contributed by atoms with Gasteiger partial charge in [0.1, 0.15) is 10.1 Å². The van der Waals surface area contributed by atoms with Gasteiger partial charge in [-0.1, -0.05) is 37.0 Å². The minimum atomic E-state index is -0.914. The van der Waals surface area contributed by atoms with E-state index in [4.69, 9.17) is 21.7 Å². The average molecular weight is 425 g/mol. The van der Waals surface area contributed by atoms with E-state index in [0.29, 0.717) is 15.8 Å². The van der Waals surface area contributed by atoms with Crippen LogP contribution in [0.4, 0.5) is 5.69 Å². The van der Waals surface area contributed by atoms with Gasteiger partial charge in [-0.3, -0.25) is 9.59 Å². The summed E-state index contributed by atoms with van der Waals surface area (Å²) in [7, 11) is 1.53. The van der Waals surface area contributed by atoms with Gasteiger partial charge in [-0.15, -0.1) is 0 Å². The van der Waals surface area contributed by atoms with Crippen LogP contribution in [0.15, 0.2) is 18.2 Å². The molecule has 1 saturated heterocycles. The monoisotopic (exact) mass is 424 g/mol. The third-order valence-corrected chi connectivity index (χ3v) is 6.14. The summed E-state index contributed by atoms with van der Waals surface area (Å²) in [6, 6.07) is 5.47. The Morgan fingerprint density at radius 3 is 2.68 bits per heavy atom. The molecule has 1 N–H and O–H groups in total. The number of hydrogen-bond acceptors (Lipinski definition) is 6. The van der Waals surface area contributed by atoms with Crippen molar-refractivity contribution in [1.29, 1.82) is 0 Å². The molecule has 1 amide bonds. The molecule has 0 bridgehead atoms. The van der Waals surface area contributed by atoms with Gasteiger partial charge in [0.15, 0.2) is 6.10 Å². The zero-order chi connectivity index (χ0) is 20.7. The van der Waals surface area contributed by atoms with Crippen LogP contribution in [0.3, 0.4) is 0 Å². The summed E-state index contributed by atoms with van der Waals surface area (Å²) >= 11 is 6.70. The lowest BCUT2D eigenvalue weighted by atomic mass is 10.00. The highest BCUT2D eigenvalue weighted by molar-refractivity contribution is 8.23. The van der Waals surface area contributed by atoms with Gasteiger partial charge in [-0.05, 0) is 50.3 Å². The minimum absolute atomic E-state index is 0.0935. The van der Waals surface area contributed by atoms with E-state index in [1.54, 1.807) is 19.1 Å². The van der Waals surface area contributed by atoms with Crippen LogP contribution in [0, 0.1) is 12.8 Å². The predicted molar refractivity (Wildman–Crippen MR) is 117 cm³/mol. The van der Waals surface area contributed by atoms with Crippen LogP contribution >= 0.6 is 24.0 Å². The Morgan fingerprint density at radius 2 is 2.04 bits per heavy atom. The maximum Gasteiger partial charge on any atom is 0.317 e. The van der Waals surface area contributed by atoms with E-state index in [0.717, 1.165) is 37.4 Å². The smallest absolute Gasteiger partial charge is 0.317 e. The van der Waals surface area contributed by atoms with Gasteiger partial charge in [0.2, 0.25) is 0 Å². The second-order valence-corrected chi connectivity index (χ2v) is 8.66. The number of nitrogens with one attached hydrogen (secondary N) is 1. The van der Waals surface area contributed by atoms with Gasteiger partial charge in [0, 0.05) is 13.1 Å². The Morgan fingerprint density at radius 1 is 1.36 bits per heavy atom. The molecule has 28 heavy (non-hydrogen) atoms. The zero-order valence-electron chi connectivity index (χ0n) is 16.8. The topological polar surface area (TPSA) is 67.9 Å². The number of carbonyl (C=O) groups is 2. The third kappa shape index (κ3) is 6.67. The van der Waals surface area contributed by atoms with Crippen molar-refractivity contribution < 1.29 is 19.1 Å². The Kier molecular flexibility index (Phi) is 8.57.